The van der Waals surface area contributed by atoms with E-state index in [1.165, 1.54) is 6.07 Å². The van der Waals surface area contributed by atoms with Crippen LogP contribution in [0.4, 0.5) is 10.1 Å². The first-order valence-corrected chi connectivity index (χ1v) is 8.04. The van der Waals surface area contributed by atoms with Crippen LogP contribution < -0.4 is 10.5 Å². The van der Waals surface area contributed by atoms with Crippen molar-refractivity contribution in [2.75, 3.05) is 5.73 Å². The van der Waals surface area contributed by atoms with Crippen LogP contribution in [0.15, 0.2) is 53.4 Å². The van der Waals surface area contributed by atoms with E-state index < -0.39 is 15.8 Å². The summed E-state index contributed by atoms with van der Waals surface area (Å²) in [5.74, 6) is -0.641. The topological polar surface area (TPSA) is 72.2 Å². The Morgan fingerprint density at radius 3 is 2.48 bits per heavy atom. The number of nitrogen functional groups attached to an aromatic ring is 1. The summed E-state index contributed by atoms with van der Waals surface area (Å²) >= 11 is 0. The number of nitrogens with two attached hydrogens (primary N) is 1. The molecule has 0 aliphatic heterocycles. The Kier molecular flexibility index (Phi) is 4.59. The summed E-state index contributed by atoms with van der Waals surface area (Å²) in [6, 6.07) is 12.1. The van der Waals surface area contributed by atoms with Crippen LogP contribution in [0.25, 0.3) is 0 Å². The van der Waals surface area contributed by atoms with Gasteiger partial charge in [-0.3, -0.25) is 0 Å². The molecule has 0 spiro atoms. The summed E-state index contributed by atoms with van der Waals surface area (Å²) in [5, 5.41) is 0. The van der Waals surface area contributed by atoms with Crippen LogP contribution in [-0.2, 0) is 10.0 Å². The first kappa shape index (κ1) is 15.5. The number of halogens is 1. The third-order valence-electron chi connectivity index (χ3n) is 3.17. The maximum absolute atomic E-state index is 13.3. The van der Waals surface area contributed by atoms with Gasteiger partial charge in [0.1, 0.15) is 10.7 Å². The van der Waals surface area contributed by atoms with Gasteiger partial charge in [0.05, 0.1) is 5.69 Å². The molecule has 0 aromatic heterocycles. The standard InChI is InChI=1S/C15H17FN2O2S/c1-2-14(11-6-4-3-5-7-11)18-21(19,20)15-10-12(16)8-9-13(15)17/h3-10,14,18H,2,17H2,1H3. The highest BCUT2D eigenvalue weighted by Gasteiger charge is 2.22. The highest BCUT2D eigenvalue weighted by Crippen LogP contribution is 2.23. The fourth-order valence-corrected chi connectivity index (χ4v) is 3.51. The maximum Gasteiger partial charge on any atom is 0.243 e. The van der Waals surface area contributed by atoms with Gasteiger partial charge in [0, 0.05) is 6.04 Å². The predicted molar refractivity (Wildman–Crippen MR) is 80.6 cm³/mol. The van der Waals surface area contributed by atoms with Crippen molar-refractivity contribution in [3.8, 4) is 0 Å². The number of sulfonamides is 1. The van der Waals surface area contributed by atoms with Gasteiger partial charge in [0.15, 0.2) is 0 Å². The van der Waals surface area contributed by atoms with Crippen molar-refractivity contribution in [2.45, 2.75) is 24.3 Å². The molecule has 2 aromatic carbocycles. The van der Waals surface area contributed by atoms with E-state index in [2.05, 4.69) is 4.72 Å². The molecule has 0 bridgehead atoms. The average Bonchev–Trinajstić information content (AvgIpc) is 2.48. The van der Waals surface area contributed by atoms with Crippen LogP contribution in [-0.4, -0.2) is 8.42 Å². The fraction of sp³-hybridized carbons (Fsp3) is 0.200. The van der Waals surface area contributed by atoms with Gasteiger partial charge in [-0.2, -0.15) is 0 Å². The van der Waals surface area contributed by atoms with E-state index in [0.717, 1.165) is 17.7 Å². The minimum atomic E-state index is -3.89. The van der Waals surface area contributed by atoms with Gasteiger partial charge in [-0.05, 0) is 30.2 Å². The third kappa shape index (κ3) is 3.59. The largest absolute Gasteiger partial charge is 0.398 e. The van der Waals surface area contributed by atoms with Crippen molar-refractivity contribution in [1.82, 2.24) is 4.72 Å². The molecular formula is C15H17FN2O2S. The van der Waals surface area contributed by atoms with Gasteiger partial charge < -0.3 is 5.73 Å². The molecule has 0 saturated heterocycles. The van der Waals surface area contributed by atoms with E-state index >= 15 is 0 Å². The maximum atomic E-state index is 13.3. The first-order valence-electron chi connectivity index (χ1n) is 6.56. The Labute approximate surface area is 123 Å². The lowest BCUT2D eigenvalue weighted by molar-refractivity contribution is 0.548. The Morgan fingerprint density at radius 2 is 1.86 bits per heavy atom. The van der Waals surface area contributed by atoms with Crippen molar-refractivity contribution in [3.05, 3.63) is 59.9 Å². The van der Waals surface area contributed by atoms with Crippen molar-refractivity contribution in [1.29, 1.82) is 0 Å². The summed E-state index contributed by atoms with van der Waals surface area (Å²) in [6.07, 6.45) is 0.568. The van der Waals surface area contributed by atoms with Gasteiger partial charge >= 0.3 is 0 Å². The van der Waals surface area contributed by atoms with E-state index in [-0.39, 0.29) is 16.6 Å². The second-order valence-electron chi connectivity index (χ2n) is 4.67. The van der Waals surface area contributed by atoms with E-state index in [1.54, 1.807) is 0 Å². The van der Waals surface area contributed by atoms with Crippen LogP contribution in [0.5, 0.6) is 0 Å². The van der Waals surface area contributed by atoms with Crippen molar-refractivity contribution in [2.24, 2.45) is 0 Å². The van der Waals surface area contributed by atoms with Crippen LogP contribution in [0.1, 0.15) is 24.9 Å². The Bertz CT molecular complexity index is 718. The average molecular weight is 308 g/mol. The normalized spacial score (nSPS) is 13.0. The number of hydrogen-bond acceptors (Lipinski definition) is 3. The van der Waals surface area contributed by atoms with Crippen molar-refractivity contribution < 1.29 is 12.8 Å². The van der Waals surface area contributed by atoms with E-state index in [0.29, 0.717) is 6.42 Å². The lowest BCUT2D eigenvalue weighted by atomic mass is 10.1. The highest BCUT2D eigenvalue weighted by molar-refractivity contribution is 7.89. The Balaban J connectivity index is 2.34. The minimum Gasteiger partial charge on any atom is -0.398 e. The minimum absolute atomic E-state index is 0.0202. The zero-order valence-electron chi connectivity index (χ0n) is 11.6. The molecule has 0 heterocycles. The third-order valence-corrected chi connectivity index (χ3v) is 4.70. The fourth-order valence-electron chi connectivity index (χ4n) is 2.06. The van der Waals surface area contributed by atoms with Crippen molar-refractivity contribution in [3.63, 3.8) is 0 Å². The molecule has 0 aliphatic rings. The SMILES string of the molecule is CCC(NS(=O)(=O)c1cc(F)ccc1N)c1ccccc1. The predicted octanol–water partition coefficient (Wildman–Crippen LogP) is 2.84. The Hall–Kier alpha value is -1.92. The highest BCUT2D eigenvalue weighted by atomic mass is 32.2. The van der Waals surface area contributed by atoms with Crippen LogP contribution in [0, 0.1) is 5.82 Å². The van der Waals surface area contributed by atoms with Gasteiger partial charge in [0.2, 0.25) is 10.0 Å². The number of benzene rings is 2. The lowest BCUT2D eigenvalue weighted by Crippen LogP contribution is -2.29. The number of hydrogen-bond donors (Lipinski definition) is 2. The van der Waals surface area contributed by atoms with E-state index in [4.69, 9.17) is 5.73 Å². The molecule has 112 valence electrons. The van der Waals surface area contributed by atoms with Gasteiger partial charge in [0.25, 0.3) is 0 Å². The molecule has 0 fully saturated rings. The smallest absolute Gasteiger partial charge is 0.243 e. The molecular weight excluding hydrogens is 291 g/mol. The van der Waals surface area contributed by atoms with Crippen LogP contribution >= 0.6 is 0 Å². The molecule has 0 aliphatic carbocycles. The molecule has 21 heavy (non-hydrogen) atoms. The number of anilines is 1. The zero-order chi connectivity index (χ0) is 15.5. The summed E-state index contributed by atoms with van der Waals surface area (Å²) < 4.78 is 40.6. The molecule has 1 unspecified atom stereocenters. The monoisotopic (exact) mass is 308 g/mol. The van der Waals surface area contributed by atoms with Crippen LogP contribution in [0.2, 0.25) is 0 Å². The quantitative estimate of drug-likeness (QED) is 0.834. The molecule has 3 N–H and O–H groups in total. The van der Waals surface area contributed by atoms with E-state index in [1.807, 2.05) is 37.3 Å². The molecule has 1 atom stereocenters. The molecule has 6 heteroatoms. The second-order valence-corrected chi connectivity index (χ2v) is 6.36. The summed E-state index contributed by atoms with van der Waals surface area (Å²) in [6.45, 7) is 1.87. The van der Waals surface area contributed by atoms with Gasteiger partial charge in [-0.1, -0.05) is 37.3 Å². The summed E-state index contributed by atoms with van der Waals surface area (Å²) in [5.41, 5.74) is 6.51. The van der Waals surface area contributed by atoms with E-state index in [9.17, 15) is 12.8 Å². The van der Waals surface area contributed by atoms with Crippen LogP contribution in [0.3, 0.4) is 0 Å². The number of nitrogens with one attached hydrogen (secondary N) is 1. The summed E-state index contributed by atoms with van der Waals surface area (Å²) in [4.78, 5) is -0.239. The molecule has 2 rings (SSSR count). The molecule has 0 saturated carbocycles. The number of rotatable bonds is 5. The zero-order valence-corrected chi connectivity index (χ0v) is 12.4. The van der Waals surface area contributed by atoms with Gasteiger partial charge in [-0.25, -0.2) is 17.5 Å². The molecule has 0 amide bonds. The molecule has 2 aromatic rings. The Morgan fingerprint density at radius 1 is 1.19 bits per heavy atom. The first-order chi connectivity index (χ1) is 9.94. The lowest BCUT2D eigenvalue weighted by Gasteiger charge is -2.18. The second kappa shape index (κ2) is 6.24. The van der Waals surface area contributed by atoms with Crippen molar-refractivity contribution >= 4 is 15.7 Å². The van der Waals surface area contributed by atoms with Gasteiger partial charge in [-0.15, -0.1) is 0 Å². The molecule has 0 radical (unpaired) electrons. The molecule has 4 nitrogen and oxygen atoms in total. The summed E-state index contributed by atoms with van der Waals surface area (Å²) in [7, 11) is -3.89.